The maximum absolute atomic E-state index is 12.7. The Balaban J connectivity index is 2.17. The number of sulfone groups is 1. The number of benzene rings is 2. The zero-order valence-electron chi connectivity index (χ0n) is 12.7. The number of nitrogens with one attached hydrogen (secondary N) is 1. The van der Waals surface area contributed by atoms with Crippen LogP contribution in [0, 0.1) is 6.92 Å². The Kier molecular flexibility index (Phi) is 3.69. The van der Waals surface area contributed by atoms with Gasteiger partial charge in [0.25, 0.3) is 0 Å². The van der Waals surface area contributed by atoms with Gasteiger partial charge in [0.1, 0.15) is 5.03 Å². The van der Waals surface area contributed by atoms with E-state index in [1.165, 1.54) is 13.2 Å². The van der Waals surface area contributed by atoms with Crippen LogP contribution in [0.25, 0.3) is 10.9 Å². The molecule has 0 saturated heterocycles. The molecule has 0 atom stereocenters. The average Bonchev–Trinajstić information content (AvgIpc) is 2.99. The number of carbonyl (C=O) groups excluding carboxylic acids is 1. The number of hydrogen-bond donors (Lipinski definition) is 1. The van der Waals surface area contributed by atoms with Crippen LogP contribution in [0.3, 0.4) is 0 Å². The Morgan fingerprint density at radius 3 is 2.43 bits per heavy atom. The summed E-state index contributed by atoms with van der Waals surface area (Å²) in [5, 5.41) is 0.567. The van der Waals surface area contributed by atoms with Crippen LogP contribution in [-0.2, 0) is 14.6 Å². The SMILES string of the molecule is COC(=O)c1cccc2[nH]c(S(=O)(=O)c3ccc(C)cc3)cc12. The maximum Gasteiger partial charge on any atom is 0.338 e. The molecule has 0 spiro atoms. The van der Waals surface area contributed by atoms with E-state index in [1.807, 2.05) is 6.92 Å². The van der Waals surface area contributed by atoms with Crippen LogP contribution in [0.15, 0.2) is 58.5 Å². The number of fused-ring (bicyclic) bond motifs is 1. The molecule has 0 aliphatic rings. The van der Waals surface area contributed by atoms with Gasteiger partial charge in [-0.2, -0.15) is 0 Å². The molecule has 1 N–H and O–H groups in total. The molecule has 3 aromatic rings. The number of methoxy groups -OCH3 is 1. The van der Waals surface area contributed by atoms with Crippen molar-refractivity contribution in [3.8, 4) is 0 Å². The van der Waals surface area contributed by atoms with E-state index in [0.717, 1.165) is 5.56 Å². The van der Waals surface area contributed by atoms with Gasteiger partial charge in [-0.15, -0.1) is 0 Å². The number of carbonyl (C=O) groups is 1. The summed E-state index contributed by atoms with van der Waals surface area (Å²) in [5.74, 6) is -0.506. The van der Waals surface area contributed by atoms with Crippen LogP contribution in [-0.4, -0.2) is 26.5 Å². The van der Waals surface area contributed by atoms with Crippen molar-refractivity contribution < 1.29 is 17.9 Å². The number of esters is 1. The number of hydrogen-bond acceptors (Lipinski definition) is 4. The quantitative estimate of drug-likeness (QED) is 0.749. The number of ether oxygens (including phenoxy) is 1. The highest BCUT2D eigenvalue weighted by Gasteiger charge is 2.22. The summed E-state index contributed by atoms with van der Waals surface area (Å²) >= 11 is 0. The van der Waals surface area contributed by atoms with Gasteiger partial charge in [-0.3, -0.25) is 0 Å². The number of aromatic nitrogens is 1. The Labute approximate surface area is 133 Å². The van der Waals surface area contributed by atoms with Gasteiger partial charge in [0, 0.05) is 10.9 Å². The third-order valence-electron chi connectivity index (χ3n) is 3.67. The highest BCUT2D eigenvalue weighted by molar-refractivity contribution is 7.91. The minimum atomic E-state index is -3.67. The second-order valence-corrected chi connectivity index (χ2v) is 7.13. The number of rotatable bonds is 3. The van der Waals surface area contributed by atoms with Crippen LogP contribution in [0.1, 0.15) is 15.9 Å². The van der Waals surface area contributed by atoms with E-state index in [0.29, 0.717) is 16.5 Å². The molecular formula is C17H15NO4S. The summed E-state index contributed by atoms with van der Waals surface area (Å²) < 4.78 is 30.2. The smallest absolute Gasteiger partial charge is 0.338 e. The van der Waals surface area contributed by atoms with E-state index < -0.39 is 15.8 Å². The van der Waals surface area contributed by atoms with Crippen LogP contribution in [0.2, 0.25) is 0 Å². The molecule has 1 heterocycles. The van der Waals surface area contributed by atoms with Gasteiger partial charge >= 0.3 is 5.97 Å². The van der Waals surface area contributed by atoms with Gasteiger partial charge < -0.3 is 9.72 Å². The molecule has 6 heteroatoms. The fraction of sp³-hybridized carbons (Fsp3) is 0.118. The maximum atomic E-state index is 12.7. The van der Waals surface area contributed by atoms with Crippen LogP contribution in [0.4, 0.5) is 0 Å². The lowest BCUT2D eigenvalue weighted by Gasteiger charge is -2.02. The van der Waals surface area contributed by atoms with Crippen molar-refractivity contribution in [3.05, 3.63) is 59.7 Å². The third-order valence-corrected chi connectivity index (χ3v) is 5.36. The predicted molar refractivity (Wildman–Crippen MR) is 86.3 cm³/mol. The molecule has 0 bridgehead atoms. The molecule has 118 valence electrons. The van der Waals surface area contributed by atoms with Crippen molar-refractivity contribution in [1.82, 2.24) is 4.98 Å². The van der Waals surface area contributed by atoms with Crippen molar-refractivity contribution >= 4 is 26.7 Å². The highest BCUT2D eigenvalue weighted by Crippen LogP contribution is 2.27. The standard InChI is InChI=1S/C17H15NO4S/c1-11-6-8-12(9-7-11)23(20,21)16-10-14-13(17(19)22-2)4-3-5-15(14)18-16/h3-10,18H,1-2H3. The minimum Gasteiger partial charge on any atom is -0.465 e. The summed E-state index contributed by atoms with van der Waals surface area (Å²) in [6.45, 7) is 1.89. The molecule has 0 aliphatic heterocycles. The summed E-state index contributed by atoms with van der Waals surface area (Å²) in [7, 11) is -2.38. The average molecular weight is 329 g/mol. The summed E-state index contributed by atoms with van der Waals surface area (Å²) in [5.41, 5.74) is 1.87. The molecule has 5 nitrogen and oxygen atoms in total. The molecule has 0 fully saturated rings. The Hall–Kier alpha value is -2.60. The molecular weight excluding hydrogens is 314 g/mol. The Bertz CT molecular complexity index is 985. The van der Waals surface area contributed by atoms with Crippen LogP contribution in [0.5, 0.6) is 0 Å². The van der Waals surface area contributed by atoms with E-state index in [4.69, 9.17) is 4.74 Å². The van der Waals surface area contributed by atoms with E-state index >= 15 is 0 Å². The normalized spacial score (nSPS) is 11.6. The summed E-state index contributed by atoms with van der Waals surface area (Å²) in [4.78, 5) is 14.9. The van der Waals surface area contributed by atoms with Crippen molar-refractivity contribution in [2.45, 2.75) is 16.8 Å². The first kappa shape index (κ1) is 15.3. The van der Waals surface area contributed by atoms with Crippen LogP contribution < -0.4 is 0 Å². The van der Waals surface area contributed by atoms with Gasteiger partial charge in [0.15, 0.2) is 0 Å². The molecule has 0 radical (unpaired) electrons. The van der Waals surface area contributed by atoms with Crippen LogP contribution >= 0.6 is 0 Å². The number of aryl methyl sites for hydroxylation is 1. The molecule has 3 rings (SSSR count). The summed E-state index contributed by atoms with van der Waals surface area (Å²) in [6, 6.07) is 13.1. The van der Waals surface area contributed by atoms with E-state index in [9.17, 15) is 13.2 Å². The van der Waals surface area contributed by atoms with Gasteiger partial charge in [0.2, 0.25) is 9.84 Å². The summed E-state index contributed by atoms with van der Waals surface area (Å²) in [6.07, 6.45) is 0. The third kappa shape index (κ3) is 2.61. The lowest BCUT2D eigenvalue weighted by atomic mass is 10.1. The number of H-pyrrole nitrogens is 1. The predicted octanol–water partition coefficient (Wildman–Crippen LogP) is 3.10. The molecule has 1 aromatic heterocycles. The Morgan fingerprint density at radius 2 is 1.78 bits per heavy atom. The van der Waals surface area contributed by atoms with Gasteiger partial charge in [-0.25, -0.2) is 13.2 Å². The van der Waals surface area contributed by atoms with E-state index in [2.05, 4.69) is 4.98 Å². The van der Waals surface area contributed by atoms with Crippen molar-refractivity contribution in [3.63, 3.8) is 0 Å². The van der Waals surface area contributed by atoms with Gasteiger partial charge in [-0.05, 0) is 37.3 Å². The molecule has 0 saturated carbocycles. The second kappa shape index (κ2) is 5.55. The zero-order chi connectivity index (χ0) is 16.6. The molecule has 23 heavy (non-hydrogen) atoms. The fourth-order valence-corrected chi connectivity index (χ4v) is 3.67. The Morgan fingerprint density at radius 1 is 1.09 bits per heavy atom. The first-order chi connectivity index (χ1) is 10.9. The van der Waals surface area contributed by atoms with Gasteiger partial charge in [-0.1, -0.05) is 23.8 Å². The van der Waals surface area contributed by atoms with E-state index in [1.54, 1.807) is 42.5 Å². The number of aromatic amines is 1. The molecule has 2 aromatic carbocycles. The van der Waals surface area contributed by atoms with Crippen molar-refractivity contribution in [2.24, 2.45) is 0 Å². The fourth-order valence-electron chi connectivity index (χ4n) is 2.41. The van der Waals surface area contributed by atoms with Gasteiger partial charge in [0.05, 0.1) is 17.6 Å². The molecule has 0 amide bonds. The lowest BCUT2D eigenvalue weighted by molar-refractivity contribution is 0.0603. The molecule has 0 unspecified atom stereocenters. The largest absolute Gasteiger partial charge is 0.465 e. The topological polar surface area (TPSA) is 76.2 Å². The second-order valence-electron chi connectivity index (χ2n) is 5.21. The lowest BCUT2D eigenvalue weighted by Crippen LogP contribution is -2.02. The zero-order valence-corrected chi connectivity index (χ0v) is 13.5. The first-order valence-corrected chi connectivity index (χ1v) is 8.43. The van der Waals surface area contributed by atoms with Crippen molar-refractivity contribution in [2.75, 3.05) is 7.11 Å². The monoisotopic (exact) mass is 329 g/mol. The van der Waals surface area contributed by atoms with Crippen molar-refractivity contribution in [1.29, 1.82) is 0 Å². The van der Waals surface area contributed by atoms with E-state index in [-0.39, 0.29) is 9.92 Å². The first-order valence-electron chi connectivity index (χ1n) is 6.95. The highest BCUT2D eigenvalue weighted by atomic mass is 32.2. The minimum absolute atomic E-state index is 0.0488. The molecule has 0 aliphatic carbocycles.